The van der Waals surface area contributed by atoms with Gasteiger partial charge in [0.15, 0.2) is 0 Å². The number of rotatable bonds is 5. The van der Waals surface area contributed by atoms with Crippen molar-refractivity contribution in [1.82, 2.24) is 4.90 Å². The van der Waals surface area contributed by atoms with Crippen LogP contribution in [-0.2, 0) is 0 Å². The maximum absolute atomic E-state index is 7.45. The second kappa shape index (κ2) is 4.61. The molecule has 0 saturated heterocycles. The summed E-state index contributed by atoms with van der Waals surface area (Å²) in [5.41, 5.74) is 0.907. The zero-order valence-corrected chi connectivity index (χ0v) is 9.07. The van der Waals surface area contributed by atoms with Crippen molar-refractivity contribution >= 4 is 5.71 Å². The summed E-state index contributed by atoms with van der Waals surface area (Å²) in [5, 5.41) is 7.45. The largest absolute Gasteiger partial charge is 0.310 e. The number of nitrogens with zero attached hydrogens (tertiary/aromatic N) is 1. The second-order valence-electron chi connectivity index (χ2n) is 4.19. The zero-order valence-electron chi connectivity index (χ0n) is 9.07. The Kier molecular flexibility index (Phi) is 4.46. The molecule has 0 aliphatic carbocycles. The molecule has 12 heavy (non-hydrogen) atoms. The molecule has 0 atom stereocenters. The minimum Gasteiger partial charge on any atom is -0.310 e. The molecule has 0 saturated carbocycles. The highest BCUT2D eigenvalue weighted by atomic mass is 15.2. The topological polar surface area (TPSA) is 27.1 Å². The van der Waals surface area contributed by atoms with E-state index in [1.54, 1.807) is 0 Å². The predicted octanol–water partition coefficient (Wildman–Crippen LogP) is 2.54. The van der Waals surface area contributed by atoms with Crippen LogP contribution in [0.1, 0.15) is 40.5 Å². The first-order valence-corrected chi connectivity index (χ1v) is 4.65. The molecule has 0 aromatic rings. The third-order valence-corrected chi connectivity index (χ3v) is 2.29. The minimum atomic E-state index is 0.141. The van der Waals surface area contributed by atoms with Gasteiger partial charge in [-0.3, -0.25) is 0 Å². The average Bonchev–Trinajstić information content (AvgIpc) is 1.85. The third-order valence-electron chi connectivity index (χ3n) is 2.29. The molecule has 72 valence electrons. The van der Waals surface area contributed by atoms with E-state index >= 15 is 0 Å². The van der Waals surface area contributed by atoms with Gasteiger partial charge in [-0.1, -0.05) is 6.92 Å². The van der Waals surface area contributed by atoms with Crippen LogP contribution in [0.25, 0.3) is 0 Å². The smallest absolute Gasteiger partial charge is 0.0201 e. The highest BCUT2D eigenvalue weighted by molar-refractivity contribution is 5.79. The van der Waals surface area contributed by atoms with Crippen LogP contribution in [0.3, 0.4) is 0 Å². The van der Waals surface area contributed by atoms with E-state index in [1.807, 2.05) is 6.92 Å². The lowest BCUT2D eigenvalue weighted by atomic mass is 9.96. The lowest BCUT2D eigenvalue weighted by Gasteiger charge is -2.35. The molecule has 0 aromatic heterocycles. The highest BCUT2D eigenvalue weighted by Crippen LogP contribution is 2.17. The van der Waals surface area contributed by atoms with E-state index in [0.29, 0.717) is 0 Å². The standard InChI is InChI=1S/C10H22N2/c1-6-7-12(5)10(3,4)8-9(2)11/h11H,6-8H2,1-5H3. The molecule has 1 N–H and O–H groups in total. The summed E-state index contributed by atoms with van der Waals surface area (Å²) in [7, 11) is 2.13. The fourth-order valence-corrected chi connectivity index (χ4v) is 1.42. The fraction of sp³-hybridized carbons (Fsp3) is 0.900. The molecule has 0 amide bonds. The third kappa shape index (κ3) is 3.86. The Morgan fingerprint density at radius 1 is 1.42 bits per heavy atom. The summed E-state index contributed by atoms with van der Waals surface area (Å²) >= 11 is 0. The van der Waals surface area contributed by atoms with Gasteiger partial charge in [0.2, 0.25) is 0 Å². The van der Waals surface area contributed by atoms with Crippen LogP contribution in [0.5, 0.6) is 0 Å². The van der Waals surface area contributed by atoms with Crippen molar-refractivity contribution in [3.8, 4) is 0 Å². The summed E-state index contributed by atoms with van der Waals surface area (Å²) in [5.74, 6) is 0. The SMILES string of the molecule is CCCN(C)C(C)(C)CC(C)=N. The van der Waals surface area contributed by atoms with E-state index < -0.39 is 0 Å². The molecule has 0 unspecified atom stereocenters. The van der Waals surface area contributed by atoms with Crippen LogP contribution < -0.4 is 0 Å². The van der Waals surface area contributed by atoms with E-state index in [-0.39, 0.29) is 5.54 Å². The minimum absolute atomic E-state index is 0.141. The van der Waals surface area contributed by atoms with Gasteiger partial charge in [0.1, 0.15) is 0 Å². The van der Waals surface area contributed by atoms with Crippen LogP contribution in [-0.4, -0.2) is 29.7 Å². The first-order chi connectivity index (χ1) is 5.40. The van der Waals surface area contributed by atoms with Gasteiger partial charge in [0.25, 0.3) is 0 Å². The van der Waals surface area contributed by atoms with Gasteiger partial charge in [-0.2, -0.15) is 0 Å². The Balaban J connectivity index is 4.07. The number of hydrogen-bond donors (Lipinski definition) is 1. The van der Waals surface area contributed by atoms with E-state index in [9.17, 15) is 0 Å². The summed E-state index contributed by atoms with van der Waals surface area (Å²) < 4.78 is 0. The van der Waals surface area contributed by atoms with Crippen molar-refractivity contribution in [1.29, 1.82) is 5.41 Å². The monoisotopic (exact) mass is 170 g/mol. The van der Waals surface area contributed by atoms with Gasteiger partial charge in [0.05, 0.1) is 0 Å². The van der Waals surface area contributed by atoms with Crippen molar-refractivity contribution in [3.63, 3.8) is 0 Å². The summed E-state index contributed by atoms with van der Waals surface area (Å²) in [6, 6.07) is 0. The molecule has 0 aliphatic rings. The molecule has 0 aromatic carbocycles. The molecular formula is C10H22N2. The van der Waals surface area contributed by atoms with Crippen LogP contribution in [0.15, 0.2) is 0 Å². The van der Waals surface area contributed by atoms with E-state index in [1.165, 1.54) is 6.42 Å². The van der Waals surface area contributed by atoms with E-state index in [4.69, 9.17) is 5.41 Å². The number of hydrogen-bond acceptors (Lipinski definition) is 2. The van der Waals surface area contributed by atoms with E-state index in [2.05, 4.69) is 32.7 Å². The molecular weight excluding hydrogens is 148 g/mol. The highest BCUT2D eigenvalue weighted by Gasteiger charge is 2.22. The predicted molar refractivity (Wildman–Crippen MR) is 55.0 cm³/mol. The molecule has 2 nitrogen and oxygen atoms in total. The van der Waals surface area contributed by atoms with Crippen molar-refractivity contribution in [2.24, 2.45) is 0 Å². The van der Waals surface area contributed by atoms with Gasteiger partial charge in [0, 0.05) is 17.7 Å². The van der Waals surface area contributed by atoms with Gasteiger partial charge in [-0.15, -0.1) is 0 Å². The maximum Gasteiger partial charge on any atom is 0.0201 e. The van der Waals surface area contributed by atoms with Crippen molar-refractivity contribution in [3.05, 3.63) is 0 Å². The first kappa shape index (κ1) is 11.6. The van der Waals surface area contributed by atoms with Gasteiger partial charge < -0.3 is 10.3 Å². The van der Waals surface area contributed by atoms with Crippen LogP contribution in [0.4, 0.5) is 0 Å². The first-order valence-electron chi connectivity index (χ1n) is 4.65. The Morgan fingerprint density at radius 3 is 2.25 bits per heavy atom. The lowest BCUT2D eigenvalue weighted by molar-refractivity contribution is 0.163. The summed E-state index contributed by atoms with van der Waals surface area (Å²) in [4.78, 5) is 2.32. The molecule has 0 heterocycles. The number of nitrogens with one attached hydrogen (secondary N) is 1. The molecule has 0 aliphatic heterocycles. The van der Waals surface area contributed by atoms with Crippen LogP contribution in [0.2, 0.25) is 0 Å². The lowest BCUT2D eigenvalue weighted by Crippen LogP contribution is -2.42. The molecule has 0 radical (unpaired) electrons. The van der Waals surface area contributed by atoms with Gasteiger partial charge in [-0.25, -0.2) is 0 Å². The Labute approximate surface area is 76.5 Å². The van der Waals surface area contributed by atoms with Crippen LogP contribution in [0, 0.1) is 5.41 Å². The quantitative estimate of drug-likeness (QED) is 0.631. The van der Waals surface area contributed by atoms with Crippen molar-refractivity contribution in [2.45, 2.75) is 46.1 Å². The Morgan fingerprint density at radius 2 is 1.92 bits per heavy atom. The second-order valence-corrected chi connectivity index (χ2v) is 4.19. The van der Waals surface area contributed by atoms with Gasteiger partial charge >= 0.3 is 0 Å². The summed E-state index contributed by atoms with van der Waals surface area (Å²) in [6.07, 6.45) is 2.04. The fourth-order valence-electron chi connectivity index (χ4n) is 1.42. The Hall–Kier alpha value is -0.370. The normalized spacial score (nSPS) is 12.2. The van der Waals surface area contributed by atoms with Gasteiger partial charge in [-0.05, 0) is 40.8 Å². The van der Waals surface area contributed by atoms with E-state index in [0.717, 1.165) is 18.7 Å². The van der Waals surface area contributed by atoms with Crippen molar-refractivity contribution < 1.29 is 0 Å². The molecule has 0 rings (SSSR count). The molecule has 0 bridgehead atoms. The Bertz CT molecular complexity index is 150. The zero-order chi connectivity index (χ0) is 9.78. The summed E-state index contributed by atoms with van der Waals surface area (Å²) in [6.45, 7) is 9.56. The van der Waals surface area contributed by atoms with Crippen LogP contribution >= 0.6 is 0 Å². The molecule has 0 fully saturated rings. The maximum atomic E-state index is 7.45. The molecule has 2 heteroatoms. The van der Waals surface area contributed by atoms with Crippen molar-refractivity contribution in [2.75, 3.05) is 13.6 Å². The molecule has 0 spiro atoms. The average molecular weight is 170 g/mol.